The Balaban J connectivity index is 1.33. The summed E-state index contributed by atoms with van der Waals surface area (Å²) in [5.41, 5.74) is 5.39. The highest BCUT2D eigenvalue weighted by Gasteiger charge is 2.43. The van der Waals surface area contributed by atoms with Crippen LogP contribution >= 0.6 is 0 Å². The van der Waals surface area contributed by atoms with Crippen LogP contribution in [0.15, 0.2) is 102 Å². The van der Waals surface area contributed by atoms with E-state index in [0.717, 1.165) is 41.7 Å². The van der Waals surface area contributed by atoms with Gasteiger partial charge in [-0.1, -0.05) is 91.0 Å². The van der Waals surface area contributed by atoms with E-state index in [1.54, 1.807) is 5.01 Å². The average molecular weight is 479 g/mol. The van der Waals surface area contributed by atoms with E-state index < -0.39 is 0 Å². The third-order valence-corrected chi connectivity index (χ3v) is 6.86. The zero-order chi connectivity index (χ0) is 24.7. The normalized spacial score (nSPS) is 20.1. The quantitative estimate of drug-likeness (QED) is 0.392. The van der Waals surface area contributed by atoms with Gasteiger partial charge in [-0.05, 0) is 54.0 Å². The number of fused-ring (bicyclic) bond motifs is 1. The molecule has 1 amide bonds. The smallest absolute Gasteiger partial charge is 0.306 e. The van der Waals surface area contributed by atoms with E-state index in [0.29, 0.717) is 6.42 Å². The Labute approximate surface area is 212 Å². The molecule has 36 heavy (non-hydrogen) atoms. The molecular weight excluding hydrogens is 448 g/mol. The molecule has 2 atom stereocenters. The molecule has 0 bridgehead atoms. The molecule has 5 heteroatoms. The van der Waals surface area contributed by atoms with Crippen LogP contribution in [0.1, 0.15) is 48.4 Å². The minimum absolute atomic E-state index is 0.119. The lowest BCUT2D eigenvalue weighted by Crippen LogP contribution is -2.34. The van der Waals surface area contributed by atoms with Crippen LogP contribution in [0.3, 0.4) is 0 Å². The lowest BCUT2D eigenvalue weighted by Gasteiger charge is -2.29. The van der Waals surface area contributed by atoms with Crippen LogP contribution in [0, 0.1) is 5.92 Å². The Hall–Kier alpha value is -3.99. The van der Waals surface area contributed by atoms with Crippen molar-refractivity contribution in [2.45, 2.75) is 38.1 Å². The second-order valence-electron chi connectivity index (χ2n) is 9.30. The monoisotopic (exact) mass is 478 g/mol. The number of carbonyl (C=O) groups is 2. The SMILES string of the molecule is O=C(CCc1ccccc1)OCC(=O)N1N=C2C(=Cc3ccccc3)CCCC2C1c1ccccc1. The second-order valence-corrected chi connectivity index (χ2v) is 9.30. The predicted octanol–water partition coefficient (Wildman–Crippen LogP) is 5.99. The van der Waals surface area contributed by atoms with E-state index in [1.165, 1.54) is 5.57 Å². The van der Waals surface area contributed by atoms with E-state index in [-0.39, 0.29) is 36.9 Å². The third-order valence-electron chi connectivity index (χ3n) is 6.86. The lowest BCUT2D eigenvalue weighted by molar-refractivity contribution is -0.153. The number of benzene rings is 3. The highest BCUT2D eigenvalue weighted by molar-refractivity contribution is 6.08. The number of carbonyl (C=O) groups excluding carboxylic acids is 2. The van der Waals surface area contributed by atoms with Gasteiger partial charge in [0.1, 0.15) is 0 Å². The molecule has 0 N–H and O–H groups in total. The topological polar surface area (TPSA) is 59.0 Å². The molecule has 3 aromatic carbocycles. The number of esters is 1. The standard InChI is InChI=1S/C31H30N2O3/c34-28(22-36-29(35)20-19-23-11-4-1-5-12-23)33-31(25-15-8-3-9-16-25)27-18-10-17-26(30(27)32-33)21-24-13-6-2-7-14-24/h1-9,11-16,21,27,31H,10,17-20,22H2. The number of rotatable bonds is 7. The zero-order valence-electron chi connectivity index (χ0n) is 20.3. The Kier molecular flexibility index (Phi) is 7.36. The molecule has 5 rings (SSSR count). The van der Waals surface area contributed by atoms with Gasteiger partial charge in [-0.2, -0.15) is 5.10 Å². The van der Waals surface area contributed by atoms with Gasteiger partial charge in [-0.15, -0.1) is 0 Å². The number of nitrogens with zero attached hydrogens (tertiary/aromatic N) is 2. The number of ether oxygens (including phenoxy) is 1. The van der Waals surface area contributed by atoms with E-state index >= 15 is 0 Å². The van der Waals surface area contributed by atoms with E-state index in [4.69, 9.17) is 9.84 Å². The molecule has 3 aromatic rings. The van der Waals surface area contributed by atoms with Crippen molar-refractivity contribution in [2.75, 3.05) is 6.61 Å². The molecule has 1 heterocycles. The van der Waals surface area contributed by atoms with Gasteiger partial charge in [-0.3, -0.25) is 9.59 Å². The first kappa shape index (κ1) is 23.7. The van der Waals surface area contributed by atoms with Crippen molar-refractivity contribution >= 4 is 23.7 Å². The van der Waals surface area contributed by atoms with Crippen LogP contribution in [0.5, 0.6) is 0 Å². The summed E-state index contributed by atoms with van der Waals surface area (Å²) in [5.74, 6) is -0.552. The molecular formula is C31H30N2O3. The average Bonchev–Trinajstić information content (AvgIpc) is 3.33. The summed E-state index contributed by atoms with van der Waals surface area (Å²) in [5, 5.41) is 6.42. The van der Waals surface area contributed by atoms with Gasteiger partial charge in [0.2, 0.25) is 0 Å². The Morgan fingerprint density at radius 3 is 2.31 bits per heavy atom. The molecule has 0 spiro atoms. The molecule has 5 nitrogen and oxygen atoms in total. The number of hydrogen-bond donors (Lipinski definition) is 0. The van der Waals surface area contributed by atoms with E-state index in [2.05, 4.69) is 18.2 Å². The molecule has 1 fully saturated rings. The molecule has 1 aliphatic carbocycles. The largest absolute Gasteiger partial charge is 0.455 e. The van der Waals surface area contributed by atoms with Gasteiger partial charge in [0.15, 0.2) is 6.61 Å². The first-order chi connectivity index (χ1) is 17.7. The van der Waals surface area contributed by atoms with Crippen molar-refractivity contribution in [1.82, 2.24) is 5.01 Å². The van der Waals surface area contributed by atoms with Crippen molar-refractivity contribution in [3.8, 4) is 0 Å². The minimum Gasteiger partial charge on any atom is -0.455 e. The van der Waals surface area contributed by atoms with Gasteiger partial charge in [0.25, 0.3) is 5.91 Å². The van der Waals surface area contributed by atoms with E-state index in [1.807, 2.05) is 78.9 Å². The number of hydrogen-bond acceptors (Lipinski definition) is 4. The molecule has 182 valence electrons. The zero-order valence-corrected chi connectivity index (χ0v) is 20.3. The van der Waals surface area contributed by atoms with E-state index in [9.17, 15) is 9.59 Å². The van der Waals surface area contributed by atoms with Crippen molar-refractivity contribution in [3.63, 3.8) is 0 Å². The molecule has 0 aromatic heterocycles. The van der Waals surface area contributed by atoms with Crippen LogP contribution in [0.25, 0.3) is 6.08 Å². The van der Waals surface area contributed by atoms with Crippen molar-refractivity contribution in [2.24, 2.45) is 11.0 Å². The minimum atomic E-state index is -0.377. The summed E-state index contributed by atoms with van der Waals surface area (Å²) in [6, 6.07) is 29.9. The fourth-order valence-electron chi connectivity index (χ4n) is 5.11. The molecule has 2 aliphatic rings. The second kappa shape index (κ2) is 11.2. The summed E-state index contributed by atoms with van der Waals surface area (Å²) in [7, 11) is 0. The van der Waals surface area contributed by atoms with Gasteiger partial charge in [0, 0.05) is 12.3 Å². The van der Waals surface area contributed by atoms with Crippen LogP contribution in [0.4, 0.5) is 0 Å². The Bertz CT molecular complexity index is 1250. The van der Waals surface area contributed by atoms with Crippen LogP contribution in [-0.4, -0.2) is 29.2 Å². The maximum atomic E-state index is 13.3. The first-order valence-electron chi connectivity index (χ1n) is 12.6. The highest BCUT2D eigenvalue weighted by atomic mass is 16.5. The molecule has 1 saturated carbocycles. The van der Waals surface area contributed by atoms with Crippen molar-refractivity contribution in [3.05, 3.63) is 113 Å². The lowest BCUT2D eigenvalue weighted by atomic mass is 9.77. The summed E-state index contributed by atoms with van der Waals surface area (Å²) >= 11 is 0. The van der Waals surface area contributed by atoms with Crippen LogP contribution in [0.2, 0.25) is 0 Å². The molecule has 0 radical (unpaired) electrons. The molecule has 2 unspecified atom stereocenters. The fraction of sp³-hybridized carbons (Fsp3) is 0.258. The molecule has 0 saturated heterocycles. The van der Waals surface area contributed by atoms with Gasteiger partial charge >= 0.3 is 5.97 Å². The van der Waals surface area contributed by atoms with Gasteiger partial charge in [-0.25, -0.2) is 5.01 Å². The first-order valence-corrected chi connectivity index (χ1v) is 12.6. The highest BCUT2D eigenvalue weighted by Crippen LogP contribution is 2.44. The predicted molar refractivity (Wildman–Crippen MR) is 141 cm³/mol. The number of amides is 1. The maximum absolute atomic E-state index is 13.3. The molecule has 1 aliphatic heterocycles. The third kappa shape index (κ3) is 5.46. The summed E-state index contributed by atoms with van der Waals surface area (Å²) < 4.78 is 5.38. The van der Waals surface area contributed by atoms with Gasteiger partial charge in [0.05, 0.1) is 11.8 Å². The van der Waals surface area contributed by atoms with Gasteiger partial charge < -0.3 is 4.74 Å². The number of allylic oxidation sites excluding steroid dienone is 1. The van der Waals surface area contributed by atoms with Crippen LogP contribution < -0.4 is 0 Å². The Morgan fingerprint density at radius 1 is 0.917 bits per heavy atom. The summed E-state index contributed by atoms with van der Waals surface area (Å²) in [6.45, 7) is -0.307. The maximum Gasteiger partial charge on any atom is 0.306 e. The summed E-state index contributed by atoms with van der Waals surface area (Å²) in [6.07, 6.45) is 5.95. The Morgan fingerprint density at radius 2 is 1.58 bits per heavy atom. The number of aryl methyl sites for hydroxylation is 1. The fourth-order valence-corrected chi connectivity index (χ4v) is 5.11. The van der Waals surface area contributed by atoms with Crippen molar-refractivity contribution < 1.29 is 14.3 Å². The van der Waals surface area contributed by atoms with Crippen molar-refractivity contribution in [1.29, 1.82) is 0 Å². The summed E-state index contributed by atoms with van der Waals surface area (Å²) in [4.78, 5) is 25.7. The van der Waals surface area contributed by atoms with Crippen LogP contribution in [-0.2, 0) is 20.7 Å². The number of hydrazone groups is 1.